The first-order valence-electron chi connectivity index (χ1n) is 7.79. The van der Waals surface area contributed by atoms with Gasteiger partial charge in [-0.05, 0) is 36.3 Å². The zero-order valence-electron chi connectivity index (χ0n) is 12.7. The minimum atomic E-state index is 0.0953. The van der Waals surface area contributed by atoms with Crippen LogP contribution in [0.3, 0.4) is 0 Å². The predicted octanol–water partition coefficient (Wildman–Crippen LogP) is 3.49. The van der Waals surface area contributed by atoms with E-state index in [1.165, 1.54) is 5.57 Å². The summed E-state index contributed by atoms with van der Waals surface area (Å²) in [6.45, 7) is 1.38. The largest absolute Gasteiger partial charge is 0.359 e. The molecule has 23 heavy (non-hydrogen) atoms. The molecule has 0 spiro atoms. The minimum absolute atomic E-state index is 0.0953. The number of nitrogens with zero attached hydrogens (tertiary/aromatic N) is 2. The summed E-state index contributed by atoms with van der Waals surface area (Å²) in [7, 11) is 0. The molecule has 1 amide bonds. The molecule has 1 aliphatic rings. The number of hydrogen-bond donors (Lipinski definition) is 1. The van der Waals surface area contributed by atoms with Gasteiger partial charge in [-0.1, -0.05) is 24.3 Å². The molecule has 0 saturated carbocycles. The zero-order chi connectivity index (χ0) is 15.6. The Morgan fingerprint density at radius 2 is 2.00 bits per heavy atom. The SMILES string of the molecule is O=C(c1ccccc1)N1CC=C(c2c[nH]c3cccnc23)CC1. The lowest BCUT2D eigenvalue weighted by molar-refractivity contribution is 0.0773. The van der Waals surface area contributed by atoms with Gasteiger partial charge in [0, 0.05) is 36.6 Å². The van der Waals surface area contributed by atoms with Gasteiger partial charge in [-0.25, -0.2) is 0 Å². The molecule has 4 nitrogen and oxygen atoms in total. The van der Waals surface area contributed by atoms with E-state index in [1.54, 1.807) is 0 Å². The molecule has 0 bridgehead atoms. The van der Waals surface area contributed by atoms with Gasteiger partial charge in [-0.15, -0.1) is 0 Å². The Morgan fingerprint density at radius 1 is 1.13 bits per heavy atom. The molecule has 0 radical (unpaired) electrons. The topological polar surface area (TPSA) is 49.0 Å². The third kappa shape index (κ3) is 2.52. The van der Waals surface area contributed by atoms with E-state index >= 15 is 0 Å². The van der Waals surface area contributed by atoms with Crippen LogP contribution in [-0.2, 0) is 0 Å². The number of pyridine rings is 1. The molecule has 0 fully saturated rings. The van der Waals surface area contributed by atoms with E-state index in [0.717, 1.165) is 35.1 Å². The second-order valence-electron chi connectivity index (χ2n) is 5.70. The monoisotopic (exact) mass is 303 g/mol. The second-order valence-corrected chi connectivity index (χ2v) is 5.70. The van der Waals surface area contributed by atoms with Gasteiger partial charge in [-0.2, -0.15) is 0 Å². The Labute approximate surface area is 134 Å². The molecule has 2 aromatic heterocycles. The van der Waals surface area contributed by atoms with Crippen molar-refractivity contribution in [1.82, 2.24) is 14.9 Å². The van der Waals surface area contributed by atoms with Crippen molar-refractivity contribution in [3.63, 3.8) is 0 Å². The first-order valence-corrected chi connectivity index (χ1v) is 7.79. The Hall–Kier alpha value is -2.88. The number of H-pyrrole nitrogens is 1. The maximum absolute atomic E-state index is 12.5. The van der Waals surface area contributed by atoms with Gasteiger partial charge in [-0.3, -0.25) is 9.78 Å². The molecule has 3 heterocycles. The number of hydrogen-bond acceptors (Lipinski definition) is 2. The highest BCUT2D eigenvalue weighted by molar-refractivity contribution is 5.95. The van der Waals surface area contributed by atoms with Crippen molar-refractivity contribution in [2.45, 2.75) is 6.42 Å². The highest BCUT2D eigenvalue weighted by Crippen LogP contribution is 2.28. The zero-order valence-corrected chi connectivity index (χ0v) is 12.7. The van der Waals surface area contributed by atoms with Gasteiger partial charge < -0.3 is 9.88 Å². The lowest BCUT2D eigenvalue weighted by Crippen LogP contribution is -2.34. The van der Waals surface area contributed by atoms with Crippen molar-refractivity contribution >= 4 is 22.5 Å². The van der Waals surface area contributed by atoms with Gasteiger partial charge in [0.15, 0.2) is 0 Å². The van der Waals surface area contributed by atoms with Crippen LogP contribution < -0.4 is 0 Å². The summed E-state index contributed by atoms with van der Waals surface area (Å²) in [5.41, 5.74) is 5.20. The Bertz CT molecular complexity index is 880. The first-order chi connectivity index (χ1) is 11.3. The van der Waals surface area contributed by atoms with Crippen LogP contribution in [0.25, 0.3) is 16.6 Å². The van der Waals surface area contributed by atoms with Crippen LogP contribution in [-0.4, -0.2) is 33.9 Å². The molecule has 0 saturated heterocycles. The quantitative estimate of drug-likeness (QED) is 0.788. The Kier molecular flexibility index (Phi) is 3.42. The van der Waals surface area contributed by atoms with E-state index < -0.39 is 0 Å². The summed E-state index contributed by atoms with van der Waals surface area (Å²) in [5.74, 6) is 0.0953. The molecule has 0 unspecified atom stereocenters. The average molecular weight is 303 g/mol. The fourth-order valence-electron chi connectivity index (χ4n) is 3.06. The third-order valence-electron chi connectivity index (χ3n) is 4.30. The normalized spacial score (nSPS) is 14.8. The van der Waals surface area contributed by atoms with E-state index in [1.807, 2.05) is 59.8 Å². The molecule has 1 N–H and O–H groups in total. The Morgan fingerprint density at radius 3 is 2.78 bits per heavy atom. The number of aromatic nitrogens is 2. The van der Waals surface area contributed by atoms with Gasteiger partial charge >= 0.3 is 0 Å². The van der Waals surface area contributed by atoms with Gasteiger partial charge in [0.1, 0.15) is 0 Å². The smallest absolute Gasteiger partial charge is 0.254 e. The van der Waals surface area contributed by atoms with Crippen molar-refractivity contribution in [3.8, 4) is 0 Å². The Balaban J connectivity index is 1.56. The molecular weight excluding hydrogens is 286 g/mol. The highest BCUT2D eigenvalue weighted by Gasteiger charge is 2.20. The predicted molar refractivity (Wildman–Crippen MR) is 91.0 cm³/mol. The van der Waals surface area contributed by atoms with Crippen LogP contribution in [0.2, 0.25) is 0 Å². The van der Waals surface area contributed by atoms with Crippen LogP contribution in [0.15, 0.2) is 60.9 Å². The van der Waals surface area contributed by atoms with Crippen molar-refractivity contribution < 1.29 is 4.79 Å². The van der Waals surface area contributed by atoms with Crippen molar-refractivity contribution in [2.24, 2.45) is 0 Å². The fraction of sp³-hybridized carbons (Fsp3) is 0.158. The standard InChI is InChI=1S/C19H17N3O/c23-19(15-5-2-1-3-6-15)22-11-8-14(9-12-22)16-13-21-17-7-4-10-20-18(16)17/h1-8,10,13,21H,9,11-12H2. The minimum Gasteiger partial charge on any atom is -0.359 e. The highest BCUT2D eigenvalue weighted by atomic mass is 16.2. The van der Waals surface area contributed by atoms with Crippen LogP contribution in [0.1, 0.15) is 22.3 Å². The van der Waals surface area contributed by atoms with E-state index in [0.29, 0.717) is 6.54 Å². The molecule has 0 atom stereocenters. The molecule has 4 rings (SSSR count). The second kappa shape index (κ2) is 5.72. The number of carbonyl (C=O) groups is 1. The maximum atomic E-state index is 12.5. The van der Waals surface area contributed by atoms with Gasteiger partial charge in [0.2, 0.25) is 0 Å². The van der Waals surface area contributed by atoms with Crippen molar-refractivity contribution in [1.29, 1.82) is 0 Å². The van der Waals surface area contributed by atoms with Gasteiger partial charge in [0.05, 0.1) is 11.0 Å². The molecule has 0 aliphatic carbocycles. The third-order valence-corrected chi connectivity index (χ3v) is 4.30. The molecule has 3 aromatic rings. The van der Waals surface area contributed by atoms with Crippen LogP contribution >= 0.6 is 0 Å². The molecule has 1 aliphatic heterocycles. The molecular formula is C19H17N3O. The summed E-state index contributed by atoms with van der Waals surface area (Å²) in [6, 6.07) is 13.4. The number of rotatable bonds is 2. The van der Waals surface area contributed by atoms with Gasteiger partial charge in [0.25, 0.3) is 5.91 Å². The summed E-state index contributed by atoms with van der Waals surface area (Å²) in [5, 5.41) is 0. The first kappa shape index (κ1) is 13.8. The summed E-state index contributed by atoms with van der Waals surface area (Å²) in [4.78, 5) is 22.1. The number of aromatic amines is 1. The van der Waals surface area contributed by atoms with Crippen LogP contribution in [0, 0.1) is 0 Å². The average Bonchev–Trinajstić information content (AvgIpc) is 3.06. The van der Waals surface area contributed by atoms with Crippen LogP contribution in [0.4, 0.5) is 0 Å². The number of fused-ring (bicyclic) bond motifs is 1. The lowest BCUT2D eigenvalue weighted by Gasteiger charge is -2.26. The number of benzene rings is 1. The molecule has 4 heteroatoms. The number of carbonyl (C=O) groups excluding carboxylic acids is 1. The van der Waals surface area contributed by atoms with E-state index in [-0.39, 0.29) is 5.91 Å². The lowest BCUT2D eigenvalue weighted by atomic mass is 10.0. The van der Waals surface area contributed by atoms with E-state index in [4.69, 9.17) is 0 Å². The van der Waals surface area contributed by atoms with E-state index in [9.17, 15) is 4.79 Å². The number of nitrogens with one attached hydrogen (secondary N) is 1. The summed E-state index contributed by atoms with van der Waals surface area (Å²) in [6.07, 6.45) is 6.82. The fourth-order valence-corrected chi connectivity index (χ4v) is 3.06. The maximum Gasteiger partial charge on any atom is 0.254 e. The number of amides is 1. The molecule has 114 valence electrons. The summed E-state index contributed by atoms with van der Waals surface area (Å²) < 4.78 is 0. The van der Waals surface area contributed by atoms with Crippen molar-refractivity contribution in [3.05, 3.63) is 72.1 Å². The molecule has 1 aromatic carbocycles. The van der Waals surface area contributed by atoms with Crippen LogP contribution in [0.5, 0.6) is 0 Å². The summed E-state index contributed by atoms with van der Waals surface area (Å²) >= 11 is 0. The van der Waals surface area contributed by atoms with Crippen molar-refractivity contribution in [2.75, 3.05) is 13.1 Å². The van der Waals surface area contributed by atoms with E-state index in [2.05, 4.69) is 16.0 Å².